The highest BCUT2D eigenvalue weighted by Crippen LogP contribution is 2.32. The minimum absolute atomic E-state index is 0.470. The van der Waals surface area contributed by atoms with Gasteiger partial charge in [0.2, 0.25) is 0 Å². The topological polar surface area (TPSA) is 52.5 Å². The van der Waals surface area contributed by atoms with E-state index in [1.54, 1.807) is 0 Å². The van der Waals surface area contributed by atoms with Crippen molar-refractivity contribution in [3.8, 4) is 0 Å². The van der Waals surface area contributed by atoms with Crippen LogP contribution in [0.15, 0.2) is 47.6 Å². The summed E-state index contributed by atoms with van der Waals surface area (Å²) in [7, 11) is 0. The van der Waals surface area contributed by atoms with Crippen molar-refractivity contribution in [2.75, 3.05) is 31.5 Å². The fourth-order valence-electron chi connectivity index (χ4n) is 4.33. The monoisotopic (exact) mass is 377 g/mol. The van der Waals surface area contributed by atoms with E-state index in [2.05, 4.69) is 63.8 Å². The molecule has 5 nitrogen and oxygen atoms in total. The summed E-state index contributed by atoms with van der Waals surface area (Å²) in [4.78, 5) is 11.9. The number of fused-ring (bicyclic) bond motifs is 2. The first-order valence-corrected chi connectivity index (χ1v) is 10.6. The van der Waals surface area contributed by atoms with E-state index in [0.29, 0.717) is 6.04 Å². The number of aryl methyl sites for hydroxylation is 1. The van der Waals surface area contributed by atoms with Gasteiger partial charge in [-0.25, -0.2) is 0 Å². The lowest BCUT2D eigenvalue weighted by molar-refractivity contribution is 0.184. The van der Waals surface area contributed by atoms with Crippen LogP contribution in [0.2, 0.25) is 0 Å². The molecule has 0 fully saturated rings. The Morgan fingerprint density at radius 1 is 1.14 bits per heavy atom. The SMILES string of the molecule is CCN(CCNCCC1=NCc2ccccc2N1)C1CCCc2cccnc21. The van der Waals surface area contributed by atoms with Crippen LogP contribution in [0.1, 0.15) is 49.0 Å². The van der Waals surface area contributed by atoms with Crippen LogP contribution in [0.25, 0.3) is 0 Å². The van der Waals surface area contributed by atoms with E-state index in [0.717, 1.165) is 45.0 Å². The van der Waals surface area contributed by atoms with E-state index in [1.165, 1.54) is 41.8 Å². The highest BCUT2D eigenvalue weighted by molar-refractivity contribution is 5.97. The molecule has 1 aromatic heterocycles. The molecule has 2 aliphatic rings. The summed E-state index contributed by atoms with van der Waals surface area (Å²) < 4.78 is 0. The van der Waals surface area contributed by atoms with Crippen molar-refractivity contribution >= 4 is 11.5 Å². The largest absolute Gasteiger partial charge is 0.344 e. The molecule has 28 heavy (non-hydrogen) atoms. The normalized spacial score (nSPS) is 18.2. The van der Waals surface area contributed by atoms with Gasteiger partial charge in [0.15, 0.2) is 0 Å². The van der Waals surface area contributed by atoms with Gasteiger partial charge in [-0.15, -0.1) is 0 Å². The van der Waals surface area contributed by atoms with Gasteiger partial charge in [-0.2, -0.15) is 0 Å². The molecule has 0 radical (unpaired) electrons. The second kappa shape index (κ2) is 9.30. The Kier molecular flexibility index (Phi) is 6.34. The maximum atomic E-state index is 4.71. The molecule has 2 N–H and O–H groups in total. The Bertz CT molecular complexity index is 816. The number of rotatable bonds is 8. The Balaban J connectivity index is 1.23. The molecule has 2 heterocycles. The molecular formula is C23H31N5. The molecule has 4 rings (SSSR count). The molecule has 0 saturated carbocycles. The first-order valence-electron chi connectivity index (χ1n) is 10.6. The van der Waals surface area contributed by atoms with E-state index in [4.69, 9.17) is 4.98 Å². The molecule has 1 aromatic carbocycles. The third-order valence-electron chi connectivity index (χ3n) is 5.86. The molecule has 1 unspecified atom stereocenters. The minimum atomic E-state index is 0.470. The fraction of sp³-hybridized carbons (Fsp3) is 0.478. The molecule has 5 heteroatoms. The van der Waals surface area contributed by atoms with Gasteiger partial charge >= 0.3 is 0 Å². The lowest BCUT2D eigenvalue weighted by Gasteiger charge is -2.34. The molecular weight excluding hydrogens is 346 g/mol. The third kappa shape index (κ3) is 4.42. The second-order valence-electron chi connectivity index (χ2n) is 7.63. The molecule has 1 atom stereocenters. The Labute approximate surface area is 168 Å². The molecule has 0 saturated heterocycles. The number of anilines is 1. The average Bonchev–Trinajstić information content (AvgIpc) is 2.76. The van der Waals surface area contributed by atoms with Gasteiger partial charge < -0.3 is 10.6 Å². The predicted octanol–water partition coefficient (Wildman–Crippen LogP) is 3.78. The van der Waals surface area contributed by atoms with Crippen LogP contribution in [0.4, 0.5) is 5.69 Å². The van der Waals surface area contributed by atoms with Crippen molar-refractivity contribution < 1.29 is 0 Å². The van der Waals surface area contributed by atoms with Crippen LogP contribution in [0.5, 0.6) is 0 Å². The summed E-state index contributed by atoms with van der Waals surface area (Å²) in [5, 5.41) is 7.06. The van der Waals surface area contributed by atoms with Gasteiger partial charge in [-0.05, 0) is 49.1 Å². The summed E-state index contributed by atoms with van der Waals surface area (Å²) in [6.45, 7) is 7.11. The van der Waals surface area contributed by atoms with Gasteiger partial charge in [-0.1, -0.05) is 31.2 Å². The smallest absolute Gasteiger partial charge is 0.102 e. The Morgan fingerprint density at radius 3 is 2.96 bits per heavy atom. The van der Waals surface area contributed by atoms with Crippen molar-refractivity contribution in [3.05, 3.63) is 59.4 Å². The minimum Gasteiger partial charge on any atom is -0.344 e. The molecule has 0 spiro atoms. The summed E-state index contributed by atoms with van der Waals surface area (Å²) in [5.41, 5.74) is 5.22. The van der Waals surface area contributed by atoms with Gasteiger partial charge in [0.1, 0.15) is 5.84 Å². The van der Waals surface area contributed by atoms with Crippen LogP contribution < -0.4 is 10.6 Å². The predicted molar refractivity (Wildman–Crippen MR) is 116 cm³/mol. The van der Waals surface area contributed by atoms with Crippen LogP contribution in [0, 0.1) is 0 Å². The quantitative estimate of drug-likeness (QED) is 0.688. The van der Waals surface area contributed by atoms with Crippen LogP contribution in [-0.4, -0.2) is 41.9 Å². The number of hydrogen-bond acceptors (Lipinski definition) is 5. The highest BCUT2D eigenvalue weighted by atomic mass is 15.2. The number of aliphatic imine (C=N–C) groups is 1. The number of benzene rings is 1. The second-order valence-corrected chi connectivity index (χ2v) is 7.63. The third-order valence-corrected chi connectivity index (χ3v) is 5.86. The van der Waals surface area contributed by atoms with Crippen molar-refractivity contribution in [1.82, 2.24) is 15.2 Å². The van der Waals surface area contributed by atoms with E-state index in [1.807, 2.05) is 6.20 Å². The van der Waals surface area contributed by atoms with E-state index >= 15 is 0 Å². The standard InChI is InChI=1S/C23H31N5/c1-2-28(21-11-5-8-18-9-6-13-25-23(18)21)16-15-24-14-12-22-26-17-19-7-3-4-10-20(19)27-22/h3-4,6-7,9-10,13,21,24H,2,5,8,11-12,14-17H2,1H3,(H,26,27). The van der Waals surface area contributed by atoms with Gasteiger partial charge in [0, 0.05) is 37.9 Å². The summed E-state index contributed by atoms with van der Waals surface area (Å²) in [6.07, 6.45) is 6.54. The summed E-state index contributed by atoms with van der Waals surface area (Å²) >= 11 is 0. The lowest BCUT2D eigenvalue weighted by atomic mass is 9.91. The molecule has 1 aliphatic heterocycles. The molecule has 0 amide bonds. The van der Waals surface area contributed by atoms with Crippen molar-refractivity contribution in [1.29, 1.82) is 0 Å². The zero-order valence-electron chi connectivity index (χ0n) is 16.8. The Morgan fingerprint density at radius 2 is 2.04 bits per heavy atom. The van der Waals surface area contributed by atoms with Gasteiger partial charge in [0.05, 0.1) is 18.3 Å². The zero-order chi connectivity index (χ0) is 19.2. The zero-order valence-corrected chi connectivity index (χ0v) is 16.8. The average molecular weight is 378 g/mol. The van der Waals surface area contributed by atoms with Crippen LogP contribution in [-0.2, 0) is 13.0 Å². The summed E-state index contributed by atoms with van der Waals surface area (Å²) in [5.74, 6) is 1.09. The highest BCUT2D eigenvalue weighted by Gasteiger charge is 2.25. The summed E-state index contributed by atoms with van der Waals surface area (Å²) in [6, 6.07) is 13.2. The lowest BCUT2D eigenvalue weighted by Crippen LogP contribution is -2.37. The molecule has 148 valence electrons. The number of amidine groups is 1. The number of likely N-dealkylation sites (N-methyl/N-ethyl adjacent to an activating group) is 1. The van der Waals surface area contributed by atoms with Crippen molar-refractivity contribution in [2.45, 2.75) is 45.2 Å². The van der Waals surface area contributed by atoms with Gasteiger partial charge in [0.25, 0.3) is 0 Å². The number of aromatic nitrogens is 1. The van der Waals surface area contributed by atoms with E-state index in [-0.39, 0.29) is 0 Å². The van der Waals surface area contributed by atoms with Crippen LogP contribution in [0.3, 0.4) is 0 Å². The number of nitrogens with one attached hydrogen (secondary N) is 2. The molecule has 2 aromatic rings. The van der Waals surface area contributed by atoms with Crippen molar-refractivity contribution in [2.24, 2.45) is 4.99 Å². The number of para-hydroxylation sites is 1. The Hall–Kier alpha value is -2.24. The first kappa shape index (κ1) is 19.1. The van der Waals surface area contributed by atoms with Crippen LogP contribution >= 0.6 is 0 Å². The number of pyridine rings is 1. The van der Waals surface area contributed by atoms with Gasteiger partial charge in [-0.3, -0.25) is 14.9 Å². The fourth-order valence-corrected chi connectivity index (χ4v) is 4.33. The first-order chi connectivity index (χ1) is 13.8. The number of hydrogen-bond donors (Lipinski definition) is 2. The van der Waals surface area contributed by atoms with E-state index < -0.39 is 0 Å². The maximum absolute atomic E-state index is 4.71. The number of nitrogens with zero attached hydrogens (tertiary/aromatic N) is 3. The van der Waals surface area contributed by atoms with E-state index in [9.17, 15) is 0 Å². The molecule has 0 bridgehead atoms. The maximum Gasteiger partial charge on any atom is 0.102 e. The molecule has 1 aliphatic carbocycles. The van der Waals surface area contributed by atoms with Crippen molar-refractivity contribution in [3.63, 3.8) is 0 Å².